The van der Waals surface area contributed by atoms with Gasteiger partial charge in [-0.2, -0.15) is 9.97 Å². The molecular weight excluding hydrogens is 1630 g/mol. The van der Waals surface area contributed by atoms with Crippen LogP contribution in [0.15, 0.2) is 413 Å². The van der Waals surface area contributed by atoms with Gasteiger partial charge in [0.1, 0.15) is 0 Å². The molecule has 0 fully saturated rings. The van der Waals surface area contributed by atoms with Gasteiger partial charge in [0.05, 0.1) is 55.2 Å². The molecule has 0 aliphatic heterocycles. The first-order valence-electron chi connectivity index (χ1n) is 46.7. The molecule has 0 amide bonds. The average molecular weight is 1710 g/mol. The molecule has 0 atom stereocenters. The molecule has 28 rings (SSSR count). The molecule has 0 spiro atoms. The summed E-state index contributed by atoms with van der Waals surface area (Å²) in [5.74, 6) is 1.62. The molecule has 19 aromatic carbocycles. The highest BCUT2D eigenvalue weighted by Crippen LogP contribution is 2.55. The van der Waals surface area contributed by atoms with Gasteiger partial charge in [0, 0.05) is 104 Å². The van der Waals surface area contributed by atoms with Crippen molar-refractivity contribution in [2.24, 2.45) is 0 Å². The Balaban J connectivity index is 0.598. The van der Waals surface area contributed by atoms with Gasteiger partial charge in [-0.25, -0.2) is 4.98 Å². The molecule has 0 saturated carbocycles. The van der Waals surface area contributed by atoms with Gasteiger partial charge in [-0.15, -0.1) is 0 Å². The van der Waals surface area contributed by atoms with Crippen LogP contribution in [0.4, 0.5) is 0 Å². The molecule has 8 heteroatoms. The van der Waals surface area contributed by atoms with Crippen molar-refractivity contribution >= 4 is 109 Å². The normalized spacial score (nSPS) is 13.8. The smallest absolute Gasteiger partial charge is 0.238 e. The van der Waals surface area contributed by atoms with E-state index < -0.39 is 0 Å². The Kier molecular flexibility index (Phi) is 16.0. The molecule has 8 nitrogen and oxygen atoms in total. The molecular formula is C126H86N8. The van der Waals surface area contributed by atoms with Crippen LogP contribution in [0.25, 0.3) is 238 Å². The lowest BCUT2D eigenvalue weighted by Crippen LogP contribution is -2.15. The van der Waals surface area contributed by atoms with E-state index >= 15 is 0 Å². The number of hydrogen-bond donors (Lipinski definition) is 0. The van der Waals surface area contributed by atoms with Crippen LogP contribution < -0.4 is 0 Å². The largest absolute Gasteiger partial charge is 0.309 e. The van der Waals surface area contributed by atoms with E-state index in [4.69, 9.17) is 15.0 Å². The molecule has 3 aliphatic rings. The minimum atomic E-state index is -0.150. The van der Waals surface area contributed by atoms with Crippen LogP contribution >= 0.6 is 0 Å². The van der Waals surface area contributed by atoms with Crippen molar-refractivity contribution in [1.82, 2.24) is 37.8 Å². The van der Waals surface area contributed by atoms with Crippen molar-refractivity contribution in [3.05, 3.63) is 446 Å². The Hall–Kier alpha value is -16.8. The molecule has 25 aromatic rings. The Morgan fingerprint density at radius 2 is 0.410 bits per heavy atom. The second-order valence-corrected chi connectivity index (χ2v) is 38.6. The minimum Gasteiger partial charge on any atom is -0.309 e. The maximum atomic E-state index is 5.76. The van der Waals surface area contributed by atoms with Crippen molar-refractivity contribution in [2.75, 3.05) is 0 Å². The van der Waals surface area contributed by atoms with Crippen LogP contribution in [-0.4, -0.2) is 37.8 Å². The van der Waals surface area contributed by atoms with E-state index in [1.807, 2.05) is 0 Å². The van der Waals surface area contributed by atoms with Crippen molar-refractivity contribution < 1.29 is 0 Å². The summed E-state index contributed by atoms with van der Waals surface area (Å²) in [6.07, 6.45) is 0. The highest BCUT2D eigenvalue weighted by Gasteiger charge is 2.39. The van der Waals surface area contributed by atoms with Crippen LogP contribution in [0.3, 0.4) is 0 Å². The topological polar surface area (TPSA) is 63.3 Å². The molecule has 0 saturated heterocycles. The Labute approximate surface area is 774 Å². The SMILES string of the molecule is CC1(C)c2ccccc2-c2ccc(-n3c4ccccc4c4cc(-c5ccc6c(c5)c5ccccc5n6-c5cccc(-c6nc(-c7ccc(-c8ccccc8)cc7)nc(-n7c8ccc(-c9ccc%10c(c9)c9ccccc9n%10-c9ccc%10c(c9)C(C)(C)c9ccccc9-%10)cc8c8cc(-c9ccc%10c(c9)c9ccccc9n%10-c9ccc%10c(c9)C(C)(C)c9ccccc9-%10)ccc87)n6)c5)ccc43)cc21. The standard InChI is InChI=1S/C126H86N8/c1-124(2)105-36-17-10-29-89(105)92-56-53-86(72-108(92)124)131-112-40-21-14-33-96(112)100-67-79(48-60-116(100)131)78-47-59-115-99(66-78)95-32-13-20-39-111(95)130(115)85-28-24-27-84(65-85)122-127-121(77-45-43-76(44-46-77)75-25-8-7-9-26-75)128-123(129-122)134-119-63-51-82(80-49-61-117-101(68-80)97-34-15-22-41-113(97)132(117)87-54-57-93-90-30-11-18-37-106(90)125(3,4)109(93)73-87)70-103(119)104-71-83(52-64-120(104)134)81-50-62-118-102(69-81)98-35-16-23-42-114(98)133(118)88-55-58-94-91-31-12-19-38-107(91)126(5,6)110(94)74-88/h7-74H,1-6H3. The maximum absolute atomic E-state index is 5.76. The van der Waals surface area contributed by atoms with E-state index in [-0.39, 0.29) is 16.2 Å². The number of benzene rings is 19. The van der Waals surface area contributed by atoms with Gasteiger partial charge in [0.15, 0.2) is 11.6 Å². The van der Waals surface area contributed by atoms with Crippen LogP contribution in [0.5, 0.6) is 0 Å². The van der Waals surface area contributed by atoms with E-state index in [0.29, 0.717) is 17.6 Å². The van der Waals surface area contributed by atoms with E-state index in [0.717, 1.165) is 117 Å². The highest BCUT2D eigenvalue weighted by molar-refractivity contribution is 6.17. The molecule has 0 N–H and O–H groups in total. The monoisotopic (exact) mass is 1710 g/mol. The zero-order valence-electron chi connectivity index (χ0n) is 74.8. The number of hydrogen-bond acceptors (Lipinski definition) is 3. The predicted octanol–water partition coefficient (Wildman–Crippen LogP) is 32.3. The van der Waals surface area contributed by atoms with Gasteiger partial charge < -0.3 is 18.3 Å². The second kappa shape index (κ2) is 28.1. The summed E-state index contributed by atoms with van der Waals surface area (Å²) in [5.41, 5.74) is 42.0. The fourth-order valence-electron chi connectivity index (χ4n) is 23.8. The van der Waals surface area contributed by atoms with E-state index in [9.17, 15) is 0 Å². The van der Waals surface area contributed by atoms with Crippen molar-refractivity contribution in [3.8, 4) is 129 Å². The molecule has 6 aromatic heterocycles. The van der Waals surface area contributed by atoms with Gasteiger partial charge in [0.25, 0.3) is 0 Å². The lowest BCUT2D eigenvalue weighted by atomic mass is 9.82. The first kappa shape index (κ1) is 76.1. The number of para-hydroxylation sites is 4. The second-order valence-electron chi connectivity index (χ2n) is 38.6. The van der Waals surface area contributed by atoms with Crippen LogP contribution in [0.2, 0.25) is 0 Å². The molecule has 0 radical (unpaired) electrons. The Bertz CT molecular complexity index is 9140. The molecule has 630 valence electrons. The van der Waals surface area contributed by atoms with Gasteiger partial charge in [0.2, 0.25) is 5.95 Å². The molecule has 0 unspecified atom stereocenters. The van der Waals surface area contributed by atoms with E-state index in [2.05, 4.69) is 477 Å². The summed E-state index contributed by atoms with van der Waals surface area (Å²) in [4.78, 5) is 17.0. The first-order valence-corrected chi connectivity index (χ1v) is 46.7. The first-order chi connectivity index (χ1) is 65.7. The van der Waals surface area contributed by atoms with Crippen LogP contribution in [0.1, 0.15) is 74.9 Å². The molecule has 0 bridgehead atoms. The number of aromatic nitrogens is 8. The van der Waals surface area contributed by atoms with Gasteiger partial charge in [-0.05, 0) is 257 Å². The van der Waals surface area contributed by atoms with Gasteiger partial charge in [-0.3, -0.25) is 4.57 Å². The average Bonchev–Trinajstić information content (AvgIpc) is 1.50. The Morgan fingerprint density at radius 3 is 0.769 bits per heavy atom. The van der Waals surface area contributed by atoms with Crippen molar-refractivity contribution in [2.45, 2.75) is 57.8 Å². The third-order valence-electron chi connectivity index (χ3n) is 30.4. The fourth-order valence-corrected chi connectivity index (χ4v) is 23.8. The minimum absolute atomic E-state index is 0.123. The lowest BCUT2D eigenvalue weighted by Gasteiger charge is -2.22. The highest BCUT2D eigenvalue weighted by atomic mass is 15.2. The Morgan fingerprint density at radius 1 is 0.157 bits per heavy atom. The van der Waals surface area contributed by atoms with E-state index in [1.54, 1.807) is 0 Å². The number of nitrogens with zero attached hydrogens (tertiary/aromatic N) is 8. The summed E-state index contributed by atoms with van der Waals surface area (Å²) in [6, 6.07) is 154. The van der Waals surface area contributed by atoms with Crippen molar-refractivity contribution in [1.29, 1.82) is 0 Å². The number of rotatable bonds is 11. The summed E-state index contributed by atoms with van der Waals surface area (Å²) >= 11 is 0. The summed E-state index contributed by atoms with van der Waals surface area (Å²) in [7, 11) is 0. The predicted molar refractivity (Wildman–Crippen MR) is 557 cm³/mol. The third-order valence-corrected chi connectivity index (χ3v) is 30.4. The zero-order valence-corrected chi connectivity index (χ0v) is 74.8. The zero-order chi connectivity index (χ0) is 88.9. The van der Waals surface area contributed by atoms with Gasteiger partial charge >= 0.3 is 0 Å². The third kappa shape index (κ3) is 11.0. The lowest BCUT2D eigenvalue weighted by molar-refractivity contribution is 0.660. The maximum Gasteiger partial charge on any atom is 0.238 e. The van der Waals surface area contributed by atoms with Crippen LogP contribution in [-0.2, 0) is 16.2 Å². The van der Waals surface area contributed by atoms with Gasteiger partial charge in [-0.1, -0.05) is 308 Å². The van der Waals surface area contributed by atoms with E-state index in [1.165, 1.54) is 138 Å². The molecule has 3 aliphatic carbocycles. The van der Waals surface area contributed by atoms with Crippen LogP contribution in [0, 0.1) is 0 Å². The summed E-state index contributed by atoms with van der Waals surface area (Å²) < 4.78 is 12.1. The summed E-state index contributed by atoms with van der Waals surface area (Å²) in [5, 5.41) is 11.7. The molecule has 134 heavy (non-hydrogen) atoms. The number of fused-ring (bicyclic) bond motifs is 24. The fraction of sp³-hybridized carbons (Fsp3) is 0.0714. The van der Waals surface area contributed by atoms with Crippen molar-refractivity contribution in [3.63, 3.8) is 0 Å². The molecule has 6 heterocycles. The summed E-state index contributed by atoms with van der Waals surface area (Å²) in [6.45, 7) is 14.2. The quantitative estimate of drug-likeness (QED) is 0.130.